The van der Waals surface area contributed by atoms with Crippen LogP contribution >= 0.6 is 0 Å². The van der Waals surface area contributed by atoms with Crippen LogP contribution in [0.4, 0.5) is 0 Å². The van der Waals surface area contributed by atoms with E-state index in [0.29, 0.717) is 26.1 Å². The zero-order valence-electron chi connectivity index (χ0n) is 14.6. The maximum atomic E-state index is 12.8. The minimum atomic E-state index is -0.943. The molecule has 3 saturated heterocycles. The van der Waals surface area contributed by atoms with E-state index in [4.69, 9.17) is 4.74 Å². The standard InChI is InChI=1S/C17H27N3O5/c21-15-11-13(12-19(15)6-5-18-7-9-25-10-8-18)16(22)20-4-2-1-3-14(20)17(23)24/h13-14H,1-12H2,(H,23,24). The number of carboxylic acids is 1. The predicted molar refractivity (Wildman–Crippen MR) is 88.9 cm³/mol. The number of likely N-dealkylation sites (tertiary alicyclic amines) is 2. The minimum absolute atomic E-state index is 0.00417. The first kappa shape index (κ1) is 18.1. The highest BCUT2D eigenvalue weighted by Gasteiger charge is 2.40. The van der Waals surface area contributed by atoms with Crippen LogP contribution < -0.4 is 0 Å². The first-order valence-electron chi connectivity index (χ1n) is 9.17. The van der Waals surface area contributed by atoms with Crippen molar-refractivity contribution >= 4 is 17.8 Å². The van der Waals surface area contributed by atoms with Crippen LogP contribution in [0.25, 0.3) is 0 Å². The molecular formula is C17H27N3O5. The number of rotatable bonds is 5. The van der Waals surface area contributed by atoms with E-state index >= 15 is 0 Å². The molecule has 25 heavy (non-hydrogen) atoms. The van der Waals surface area contributed by atoms with E-state index in [2.05, 4.69) is 4.90 Å². The molecule has 0 saturated carbocycles. The van der Waals surface area contributed by atoms with Gasteiger partial charge in [0.05, 0.1) is 19.1 Å². The van der Waals surface area contributed by atoms with E-state index in [9.17, 15) is 19.5 Å². The molecule has 3 rings (SSSR count). The van der Waals surface area contributed by atoms with E-state index in [1.54, 1.807) is 4.90 Å². The van der Waals surface area contributed by atoms with Crippen LogP contribution in [0.1, 0.15) is 25.7 Å². The second kappa shape index (κ2) is 8.14. The molecule has 0 aliphatic carbocycles. The molecule has 2 amide bonds. The van der Waals surface area contributed by atoms with Gasteiger partial charge in [-0.05, 0) is 19.3 Å². The maximum absolute atomic E-state index is 12.8. The van der Waals surface area contributed by atoms with Crippen molar-refractivity contribution < 1.29 is 24.2 Å². The Morgan fingerprint density at radius 3 is 2.60 bits per heavy atom. The molecule has 3 fully saturated rings. The van der Waals surface area contributed by atoms with Crippen molar-refractivity contribution in [2.45, 2.75) is 31.7 Å². The van der Waals surface area contributed by atoms with Gasteiger partial charge in [0, 0.05) is 45.7 Å². The highest BCUT2D eigenvalue weighted by atomic mass is 16.5. The average Bonchev–Trinajstić information content (AvgIpc) is 3.01. The number of aliphatic carboxylic acids is 1. The molecule has 8 nitrogen and oxygen atoms in total. The first-order valence-corrected chi connectivity index (χ1v) is 9.17. The molecule has 2 unspecified atom stereocenters. The number of piperidine rings is 1. The largest absolute Gasteiger partial charge is 0.480 e. The molecule has 3 heterocycles. The predicted octanol–water partition coefficient (Wildman–Crippen LogP) is -0.367. The molecular weight excluding hydrogens is 326 g/mol. The molecule has 0 radical (unpaired) electrons. The minimum Gasteiger partial charge on any atom is -0.480 e. The first-order chi connectivity index (χ1) is 12.1. The van der Waals surface area contributed by atoms with Crippen LogP contribution in [-0.2, 0) is 19.1 Å². The Morgan fingerprint density at radius 2 is 1.88 bits per heavy atom. The van der Waals surface area contributed by atoms with Gasteiger partial charge in [-0.2, -0.15) is 0 Å². The van der Waals surface area contributed by atoms with Gasteiger partial charge in [0.2, 0.25) is 11.8 Å². The summed E-state index contributed by atoms with van der Waals surface area (Å²) in [7, 11) is 0. The zero-order valence-corrected chi connectivity index (χ0v) is 14.6. The van der Waals surface area contributed by atoms with E-state index in [0.717, 1.165) is 45.7 Å². The molecule has 8 heteroatoms. The Balaban J connectivity index is 1.53. The lowest BCUT2D eigenvalue weighted by molar-refractivity contribution is -0.153. The highest BCUT2D eigenvalue weighted by molar-refractivity contribution is 5.91. The Hall–Kier alpha value is -1.67. The van der Waals surface area contributed by atoms with Gasteiger partial charge in [-0.25, -0.2) is 4.79 Å². The lowest BCUT2D eigenvalue weighted by atomic mass is 9.98. The Labute approximate surface area is 147 Å². The molecule has 0 aromatic rings. The van der Waals surface area contributed by atoms with Gasteiger partial charge in [-0.3, -0.25) is 14.5 Å². The highest BCUT2D eigenvalue weighted by Crippen LogP contribution is 2.25. The number of carbonyl (C=O) groups is 3. The second-order valence-electron chi connectivity index (χ2n) is 7.08. The third kappa shape index (κ3) is 4.30. The van der Waals surface area contributed by atoms with Crippen molar-refractivity contribution in [1.82, 2.24) is 14.7 Å². The van der Waals surface area contributed by atoms with Crippen LogP contribution in [0.15, 0.2) is 0 Å². The maximum Gasteiger partial charge on any atom is 0.326 e. The van der Waals surface area contributed by atoms with Gasteiger partial charge in [-0.15, -0.1) is 0 Å². The summed E-state index contributed by atoms with van der Waals surface area (Å²) < 4.78 is 5.32. The van der Waals surface area contributed by atoms with Crippen molar-refractivity contribution in [1.29, 1.82) is 0 Å². The molecule has 3 aliphatic rings. The quantitative estimate of drug-likeness (QED) is 0.725. The summed E-state index contributed by atoms with van der Waals surface area (Å²) in [6.07, 6.45) is 2.36. The molecule has 140 valence electrons. The van der Waals surface area contributed by atoms with Crippen molar-refractivity contribution in [3.05, 3.63) is 0 Å². The van der Waals surface area contributed by atoms with Crippen LogP contribution in [0.3, 0.4) is 0 Å². The number of hydrogen-bond donors (Lipinski definition) is 1. The van der Waals surface area contributed by atoms with Crippen molar-refractivity contribution in [2.75, 3.05) is 52.5 Å². The molecule has 1 N–H and O–H groups in total. The van der Waals surface area contributed by atoms with Gasteiger partial charge in [0.1, 0.15) is 6.04 Å². The van der Waals surface area contributed by atoms with Crippen LogP contribution in [0.5, 0.6) is 0 Å². The fraction of sp³-hybridized carbons (Fsp3) is 0.824. The van der Waals surface area contributed by atoms with Crippen molar-refractivity contribution in [3.63, 3.8) is 0 Å². The topological polar surface area (TPSA) is 90.4 Å². The summed E-state index contributed by atoms with van der Waals surface area (Å²) >= 11 is 0. The van der Waals surface area contributed by atoms with E-state index in [1.165, 1.54) is 4.90 Å². The van der Waals surface area contributed by atoms with Gasteiger partial charge in [0.25, 0.3) is 0 Å². The third-order valence-corrected chi connectivity index (χ3v) is 5.42. The van der Waals surface area contributed by atoms with Gasteiger partial charge in [0.15, 0.2) is 0 Å². The van der Waals surface area contributed by atoms with Crippen LogP contribution in [0, 0.1) is 5.92 Å². The fourth-order valence-corrected chi connectivity index (χ4v) is 3.93. The van der Waals surface area contributed by atoms with E-state index < -0.39 is 17.9 Å². The van der Waals surface area contributed by atoms with Crippen LogP contribution in [-0.4, -0.2) is 96.1 Å². The number of amides is 2. The number of nitrogens with zero attached hydrogens (tertiary/aromatic N) is 3. The molecule has 0 aromatic heterocycles. The number of carboxylic acid groups (broad SMARTS) is 1. The molecule has 0 aromatic carbocycles. The molecule has 0 bridgehead atoms. The summed E-state index contributed by atoms with van der Waals surface area (Å²) in [4.78, 5) is 41.9. The lowest BCUT2D eigenvalue weighted by Gasteiger charge is -2.34. The normalized spacial score (nSPS) is 28.4. The molecule has 2 atom stereocenters. The molecule has 3 aliphatic heterocycles. The monoisotopic (exact) mass is 353 g/mol. The SMILES string of the molecule is O=C(O)C1CCCCN1C(=O)C1CC(=O)N(CCN2CCOCC2)C1. The summed E-state index contributed by atoms with van der Waals surface area (Å²) in [6, 6.07) is -0.737. The van der Waals surface area contributed by atoms with E-state index in [-0.39, 0.29) is 18.2 Å². The van der Waals surface area contributed by atoms with Crippen LogP contribution in [0.2, 0.25) is 0 Å². The third-order valence-electron chi connectivity index (χ3n) is 5.42. The fourth-order valence-electron chi connectivity index (χ4n) is 3.93. The number of morpholine rings is 1. The Morgan fingerprint density at radius 1 is 1.12 bits per heavy atom. The lowest BCUT2D eigenvalue weighted by Crippen LogP contribution is -2.50. The Bertz CT molecular complexity index is 520. The van der Waals surface area contributed by atoms with Crippen molar-refractivity contribution in [3.8, 4) is 0 Å². The number of carbonyl (C=O) groups excluding carboxylic acids is 2. The van der Waals surface area contributed by atoms with Gasteiger partial charge in [-0.1, -0.05) is 0 Å². The summed E-state index contributed by atoms with van der Waals surface area (Å²) in [6.45, 7) is 5.49. The summed E-state index contributed by atoms with van der Waals surface area (Å²) in [5.41, 5.74) is 0. The number of ether oxygens (including phenoxy) is 1. The van der Waals surface area contributed by atoms with Gasteiger partial charge < -0.3 is 19.6 Å². The Kier molecular flexibility index (Phi) is 5.90. The molecule has 0 spiro atoms. The summed E-state index contributed by atoms with van der Waals surface area (Å²) in [5, 5.41) is 9.35. The summed E-state index contributed by atoms with van der Waals surface area (Å²) in [5.74, 6) is -1.52. The van der Waals surface area contributed by atoms with Gasteiger partial charge >= 0.3 is 5.97 Å². The van der Waals surface area contributed by atoms with Crippen molar-refractivity contribution in [2.24, 2.45) is 5.92 Å². The smallest absolute Gasteiger partial charge is 0.326 e. The van der Waals surface area contributed by atoms with E-state index in [1.807, 2.05) is 0 Å². The second-order valence-corrected chi connectivity index (χ2v) is 7.08. The average molecular weight is 353 g/mol. The number of hydrogen-bond acceptors (Lipinski definition) is 5. The zero-order chi connectivity index (χ0) is 17.8.